The molecule has 2 unspecified atom stereocenters. The molecule has 0 rings (SSSR count). The monoisotopic (exact) mass is 568 g/mol. The van der Waals surface area contributed by atoms with Crippen LogP contribution in [0.25, 0.3) is 0 Å². The van der Waals surface area contributed by atoms with Crippen LogP contribution in [0.5, 0.6) is 0 Å². The van der Waals surface area contributed by atoms with Crippen molar-refractivity contribution in [3.05, 3.63) is 0 Å². The third kappa shape index (κ3) is 25.3. The van der Waals surface area contributed by atoms with E-state index in [-0.39, 0.29) is 18.0 Å². The predicted octanol–water partition coefficient (Wildman–Crippen LogP) is 8.22. The van der Waals surface area contributed by atoms with E-state index in [9.17, 15) is 19.5 Å². The van der Waals surface area contributed by atoms with E-state index in [1.54, 1.807) is 0 Å². The normalized spacial score (nSPS) is 12.7. The molecule has 0 saturated heterocycles. The van der Waals surface area contributed by atoms with Gasteiger partial charge in [-0.15, -0.1) is 0 Å². The van der Waals surface area contributed by atoms with E-state index in [4.69, 9.17) is 10.5 Å². The Balaban J connectivity index is 4.23. The van der Waals surface area contributed by atoms with Crippen LogP contribution in [0.1, 0.15) is 174 Å². The Hall–Kier alpha value is -1.63. The summed E-state index contributed by atoms with van der Waals surface area (Å²) in [5.41, 5.74) is 5.45. The van der Waals surface area contributed by atoms with Gasteiger partial charge in [0.05, 0.1) is 0 Å². The zero-order valence-corrected chi connectivity index (χ0v) is 26.2. The number of carboxylic acids is 1. The first-order chi connectivity index (χ1) is 19.4. The summed E-state index contributed by atoms with van der Waals surface area (Å²) in [5, 5.41) is 11.8. The topological polar surface area (TPSA) is 119 Å². The lowest BCUT2D eigenvalue weighted by Crippen LogP contribution is -2.40. The molecule has 1 amide bonds. The summed E-state index contributed by atoms with van der Waals surface area (Å²) in [7, 11) is 0. The van der Waals surface area contributed by atoms with E-state index in [0.29, 0.717) is 32.2 Å². The average Bonchev–Trinajstić information content (AvgIpc) is 2.93. The molecule has 0 saturated carbocycles. The lowest BCUT2D eigenvalue weighted by atomic mass is 10.0. The molecule has 0 aromatic carbocycles. The minimum Gasteiger partial charge on any atom is -0.480 e. The second-order valence-corrected chi connectivity index (χ2v) is 11.6. The summed E-state index contributed by atoms with van der Waals surface area (Å²) in [5.74, 6) is -1.23. The van der Waals surface area contributed by atoms with Crippen molar-refractivity contribution in [1.82, 2.24) is 5.32 Å². The van der Waals surface area contributed by atoms with Gasteiger partial charge in [-0.05, 0) is 57.9 Å². The standard InChI is InChI=1S/C33H64N2O5/c1-3-5-7-9-11-14-18-23-29(40-32(37)27-21-17-12-10-8-6-4-2)24-19-15-13-16-20-26-31(36)35-30(33(38)39)25-22-28-34/h29-30H,3-28,34H2,1-2H3,(H,35,36)(H,38,39). The van der Waals surface area contributed by atoms with Crippen molar-refractivity contribution in [3.8, 4) is 0 Å². The Kier molecular flexibility index (Phi) is 27.7. The lowest BCUT2D eigenvalue weighted by Gasteiger charge is -2.18. The van der Waals surface area contributed by atoms with Crippen molar-refractivity contribution in [2.24, 2.45) is 5.73 Å². The molecule has 0 spiro atoms. The molecule has 4 N–H and O–H groups in total. The fourth-order valence-electron chi connectivity index (χ4n) is 5.10. The predicted molar refractivity (Wildman–Crippen MR) is 165 cm³/mol. The summed E-state index contributed by atoms with van der Waals surface area (Å²) >= 11 is 0. The van der Waals surface area contributed by atoms with E-state index in [2.05, 4.69) is 19.2 Å². The number of carbonyl (C=O) groups excluding carboxylic acids is 2. The summed E-state index contributed by atoms with van der Waals surface area (Å²) < 4.78 is 5.94. The van der Waals surface area contributed by atoms with Crippen LogP contribution in [-0.4, -0.2) is 41.6 Å². The van der Waals surface area contributed by atoms with Gasteiger partial charge in [-0.1, -0.05) is 110 Å². The van der Waals surface area contributed by atoms with E-state index >= 15 is 0 Å². The first-order valence-corrected chi connectivity index (χ1v) is 16.9. The van der Waals surface area contributed by atoms with Gasteiger partial charge in [-0.2, -0.15) is 0 Å². The van der Waals surface area contributed by atoms with Gasteiger partial charge in [-0.3, -0.25) is 9.59 Å². The summed E-state index contributed by atoms with van der Waals surface area (Å²) in [6.07, 6.45) is 25.8. The Morgan fingerprint density at radius 1 is 0.625 bits per heavy atom. The number of nitrogens with one attached hydrogen (secondary N) is 1. The van der Waals surface area contributed by atoms with Gasteiger partial charge in [0.1, 0.15) is 12.1 Å². The van der Waals surface area contributed by atoms with Crippen LogP contribution in [0, 0.1) is 0 Å². The molecule has 0 aromatic rings. The third-order valence-corrected chi connectivity index (χ3v) is 7.67. The first kappa shape index (κ1) is 38.4. The summed E-state index contributed by atoms with van der Waals surface area (Å²) in [6.45, 7) is 4.88. The maximum atomic E-state index is 12.5. The van der Waals surface area contributed by atoms with Gasteiger partial charge in [0, 0.05) is 12.8 Å². The SMILES string of the molecule is CCCCCCCCCC(=O)OC(CCCCCCCCC)CCCCCCCC(=O)NC(CCCN)C(=O)O. The van der Waals surface area contributed by atoms with Crippen LogP contribution in [0.2, 0.25) is 0 Å². The highest BCUT2D eigenvalue weighted by Crippen LogP contribution is 2.18. The molecule has 0 heterocycles. The molecule has 0 radical (unpaired) electrons. The van der Waals surface area contributed by atoms with Crippen molar-refractivity contribution >= 4 is 17.8 Å². The van der Waals surface area contributed by atoms with Crippen LogP contribution in [0.3, 0.4) is 0 Å². The third-order valence-electron chi connectivity index (χ3n) is 7.67. The maximum Gasteiger partial charge on any atom is 0.326 e. The van der Waals surface area contributed by atoms with Crippen molar-refractivity contribution in [3.63, 3.8) is 0 Å². The number of hydrogen-bond acceptors (Lipinski definition) is 5. The molecule has 40 heavy (non-hydrogen) atoms. The van der Waals surface area contributed by atoms with Crippen LogP contribution in [0.15, 0.2) is 0 Å². The average molecular weight is 569 g/mol. The number of nitrogens with two attached hydrogens (primary N) is 1. The van der Waals surface area contributed by atoms with Crippen molar-refractivity contribution in [1.29, 1.82) is 0 Å². The summed E-state index contributed by atoms with van der Waals surface area (Å²) in [6, 6.07) is -0.849. The number of hydrogen-bond donors (Lipinski definition) is 3. The van der Waals surface area contributed by atoms with Crippen molar-refractivity contribution in [2.45, 2.75) is 187 Å². The Labute approximate surface area is 246 Å². The number of aliphatic carboxylic acids is 1. The molecule has 7 nitrogen and oxygen atoms in total. The van der Waals surface area contributed by atoms with Gasteiger partial charge in [0.25, 0.3) is 0 Å². The highest BCUT2D eigenvalue weighted by atomic mass is 16.5. The number of unbranched alkanes of at least 4 members (excludes halogenated alkanes) is 16. The number of rotatable bonds is 30. The number of ether oxygens (including phenoxy) is 1. The van der Waals surface area contributed by atoms with Crippen LogP contribution >= 0.6 is 0 Å². The summed E-state index contributed by atoms with van der Waals surface area (Å²) in [4.78, 5) is 35.9. The molecule has 0 aliphatic carbocycles. The molecule has 236 valence electrons. The van der Waals surface area contributed by atoms with E-state index < -0.39 is 12.0 Å². The van der Waals surface area contributed by atoms with Gasteiger partial charge in [0.2, 0.25) is 5.91 Å². The second-order valence-electron chi connectivity index (χ2n) is 11.6. The minimum atomic E-state index is -1.00. The van der Waals surface area contributed by atoms with Gasteiger partial charge in [0.15, 0.2) is 0 Å². The van der Waals surface area contributed by atoms with Gasteiger partial charge < -0.3 is 20.9 Å². The van der Waals surface area contributed by atoms with Gasteiger partial charge >= 0.3 is 11.9 Å². The largest absolute Gasteiger partial charge is 0.480 e. The molecular formula is C33H64N2O5. The number of esters is 1. The quantitative estimate of drug-likeness (QED) is 0.0593. The molecule has 2 atom stereocenters. The molecule has 7 heteroatoms. The highest BCUT2D eigenvalue weighted by Gasteiger charge is 2.19. The first-order valence-electron chi connectivity index (χ1n) is 16.9. The van der Waals surface area contributed by atoms with Crippen LogP contribution in [0.4, 0.5) is 0 Å². The molecule has 0 aromatic heterocycles. The zero-order valence-electron chi connectivity index (χ0n) is 26.2. The highest BCUT2D eigenvalue weighted by molar-refractivity contribution is 5.83. The lowest BCUT2D eigenvalue weighted by molar-refractivity contribution is -0.150. The Morgan fingerprint density at radius 2 is 1.07 bits per heavy atom. The molecule has 0 aliphatic rings. The fourth-order valence-corrected chi connectivity index (χ4v) is 5.10. The minimum absolute atomic E-state index is 0.0277. The molecule has 0 fully saturated rings. The van der Waals surface area contributed by atoms with Gasteiger partial charge in [-0.25, -0.2) is 4.79 Å². The number of carboxylic acid groups (broad SMARTS) is 1. The number of carbonyl (C=O) groups is 3. The fraction of sp³-hybridized carbons (Fsp3) is 0.909. The van der Waals surface area contributed by atoms with Crippen LogP contribution < -0.4 is 11.1 Å². The smallest absolute Gasteiger partial charge is 0.326 e. The van der Waals surface area contributed by atoms with Crippen molar-refractivity contribution in [2.75, 3.05) is 6.54 Å². The van der Waals surface area contributed by atoms with Crippen LogP contribution in [-0.2, 0) is 19.1 Å². The second kappa shape index (κ2) is 28.9. The zero-order chi connectivity index (χ0) is 29.7. The Bertz CT molecular complexity index is 614. The Morgan fingerprint density at radius 3 is 1.55 bits per heavy atom. The molecular weight excluding hydrogens is 504 g/mol. The number of amides is 1. The van der Waals surface area contributed by atoms with Crippen molar-refractivity contribution < 1.29 is 24.2 Å². The molecule has 0 bridgehead atoms. The molecule has 0 aliphatic heterocycles. The van der Waals surface area contributed by atoms with E-state index in [0.717, 1.165) is 64.2 Å². The maximum absolute atomic E-state index is 12.5. The van der Waals surface area contributed by atoms with E-state index in [1.807, 2.05) is 0 Å². The van der Waals surface area contributed by atoms with E-state index in [1.165, 1.54) is 70.6 Å².